The molecule has 2 aromatic carbocycles. The summed E-state index contributed by atoms with van der Waals surface area (Å²) in [6, 6.07) is 12.7. The van der Waals surface area contributed by atoms with Gasteiger partial charge in [0.05, 0.1) is 0 Å². The molecule has 2 rings (SSSR count). The molecule has 3 nitrogen and oxygen atoms in total. The van der Waals surface area contributed by atoms with Gasteiger partial charge in [0.25, 0.3) is 0 Å². The van der Waals surface area contributed by atoms with Crippen LogP contribution in [0.3, 0.4) is 0 Å². The molecule has 0 saturated heterocycles. The average molecular weight is 246 g/mol. The van der Waals surface area contributed by atoms with Crippen LogP contribution in [-0.2, 0) is 11.3 Å². The third kappa shape index (κ3) is 2.66. The van der Waals surface area contributed by atoms with E-state index in [1.807, 2.05) is 18.2 Å². The molecule has 0 heterocycles. The van der Waals surface area contributed by atoms with Gasteiger partial charge in [-0.3, -0.25) is 0 Å². The molecule has 0 saturated carbocycles. The van der Waals surface area contributed by atoms with Crippen LogP contribution in [-0.4, -0.2) is 11.1 Å². The summed E-state index contributed by atoms with van der Waals surface area (Å²) < 4.78 is 18.3. The molecule has 0 aliphatic heterocycles. The van der Waals surface area contributed by atoms with Crippen LogP contribution in [0.1, 0.15) is 15.9 Å². The van der Waals surface area contributed by atoms with Crippen molar-refractivity contribution in [1.82, 2.24) is 0 Å². The molecule has 4 heteroatoms. The topological polar surface area (TPSA) is 46.5 Å². The van der Waals surface area contributed by atoms with Crippen LogP contribution >= 0.6 is 0 Å². The highest BCUT2D eigenvalue weighted by molar-refractivity contribution is 5.92. The molecule has 0 atom stereocenters. The lowest BCUT2D eigenvalue weighted by molar-refractivity contribution is 0.0464. The van der Waals surface area contributed by atoms with Crippen LogP contribution in [0.5, 0.6) is 5.75 Å². The summed E-state index contributed by atoms with van der Waals surface area (Å²) in [6.07, 6.45) is 0. The van der Waals surface area contributed by atoms with Gasteiger partial charge in [-0.1, -0.05) is 36.4 Å². The zero-order chi connectivity index (χ0) is 13.0. The summed E-state index contributed by atoms with van der Waals surface area (Å²) >= 11 is 0. The largest absolute Gasteiger partial charge is 0.507 e. The first kappa shape index (κ1) is 12.1. The molecule has 0 unspecified atom stereocenters. The first-order valence-electron chi connectivity index (χ1n) is 5.37. The van der Waals surface area contributed by atoms with Crippen LogP contribution in [0.25, 0.3) is 0 Å². The predicted molar refractivity (Wildman–Crippen MR) is 63.6 cm³/mol. The maximum Gasteiger partial charge on any atom is 0.345 e. The second-order valence-electron chi connectivity index (χ2n) is 3.70. The molecule has 0 aromatic heterocycles. The van der Waals surface area contributed by atoms with Crippen molar-refractivity contribution >= 4 is 5.97 Å². The standard InChI is InChI=1S/C14H11FO3/c15-11-7-4-8-12(16)13(11)14(17)18-9-10-5-2-1-3-6-10/h1-8,16H,9H2. The third-order valence-corrected chi connectivity index (χ3v) is 2.41. The van der Waals surface area contributed by atoms with Crippen LogP contribution in [0.15, 0.2) is 48.5 Å². The smallest absolute Gasteiger partial charge is 0.345 e. The van der Waals surface area contributed by atoms with E-state index in [1.165, 1.54) is 12.1 Å². The van der Waals surface area contributed by atoms with E-state index in [1.54, 1.807) is 12.1 Å². The lowest BCUT2D eigenvalue weighted by atomic mass is 10.2. The Kier molecular flexibility index (Phi) is 3.57. The van der Waals surface area contributed by atoms with E-state index in [9.17, 15) is 14.3 Å². The lowest BCUT2D eigenvalue weighted by Crippen LogP contribution is -2.07. The number of phenols is 1. The highest BCUT2D eigenvalue weighted by Crippen LogP contribution is 2.21. The number of phenolic OH excluding ortho intramolecular Hbond substituents is 1. The highest BCUT2D eigenvalue weighted by Gasteiger charge is 2.17. The van der Waals surface area contributed by atoms with E-state index < -0.39 is 23.1 Å². The molecule has 0 bridgehead atoms. The number of hydrogen-bond acceptors (Lipinski definition) is 3. The highest BCUT2D eigenvalue weighted by atomic mass is 19.1. The van der Waals surface area contributed by atoms with E-state index in [4.69, 9.17) is 4.74 Å². The van der Waals surface area contributed by atoms with Gasteiger partial charge in [-0.05, 0) is 17.7 Å². The van der Waals surface area contributed by atoms with Gasteiger partial charge in [0.15, 0.2) is 0 Å². The Morgan fingerprint density at radius 3 is 2.50 bits per heavy atom. The minimum Gasteiger partial charge on any atom is -0.507 e. The number of rotatable bonds is 3. The molecular weight excluding hydrogens is 235 g/mol. The summed E-state index contributed by atoms with van der Waals surface area (Å²) in [4.78, 5) is 11.6. The number of aromatic hydroxyl groups is 1. The van der Waals surface area contributed by atoms with E-state index in [0.717, 1.165) is 11.6 Å². The van der Waals surface area contributed by atoms with Crippen molar-refractivity contribution in [1.29, 1.82) is 0 Å². The van der Waals surface area contributed by atoms with Crippen LogP contribution in [0.2, 0.25) is 0 Å². The predicted octanol–water partition coefficient (Wildman–Crippen LogP) is 2.89. The van der Waals surface area contributed by atoms with Crippen molar-refractivity contribution < 1.29 is 19.0 Å². The number of hydrogen-bond donors (Lipinski definition) is 1. The molecule has 0 amide bonds. The van der Waals surface area contributed by atoms with Gasteiger partial charge in [-0.2, -0.15) is 0 Å². The van der Waals surface area contributed by atoms with E-state index in [0.29, 0.717) is 0 Å². The van der Waals surface area contributed by atoms with Crippen molar-refractivity contribution in [3.63, 3.8) is 0 Å². The van der Waals surface area contributed by atoms with Gasteiger partial charge >= 0.3 is 5.97 Å². The number of esters is 1. The zero-order valence-electron chi connectivity index (χ0n) is 9.47. The summed E-state index contributed by atoms with van der Waals surface area (Å²) in [5.41, 5.74) is 0.357. The second kappa shape index (κ2) is 5.31. The number of ether oxygens (including phenoxy) is 1. The molecule has 0 radical (unpaired) electrons. The molecule has 0 aliphatic rings. The van der Waals surface area contributed by atoms with Crippen molar-refractivity contribution in [2.45, 2.75) is 6.61 Å². The first-order chi connectivity index (χ1) is 8.68. The fraction of sp³-hybridized carbons (Fsp3) is 0.0714. The van der Waals surface area contributed by atoms with E-state index in [-0.39, 0.29) is 6.61 Å². The summed E-state index contributed by atoms with van der Waals surface area (Å²) in [7, 11) is 0. The number of carbonyl (C=O) groups is 1. The van der Waals surface area contributed by atoms with Crippen molar-refractivity contribution in [2.24, 2.45) is 0 Å². The Balaban J connectivity index is 2.09. The summed E-state index contributed by atoms with van der Waals surface area (Å²) in [5, 5.41) is 9.42. The Morgan fingerprint density at radius 2 is 1.83 bits per heavy atom. The van der Waals surface area contributed by atoms with Crippen LogP contribution in [0.4, 0.5) is 4.39 Å². The molecule has 0 fully saturated rings. The van der Waals surface area contributed by atoms with Crippen LogP contribution in [0, 0.1) is 5.82 Å². The maximum absolute atomic E-state index is 13.4. The minimum atomic E-state index is -0.880. The quantitative estimate of drug-likeness (QED) is 0.847. The summed E-state index contributed by atoms with van der Waals surface area (Å²) in [6.45, 7) is 0.0352. The zero-order valence-corrected chi connectivity index (χ0v) is 9.47. The fourth-order valence-corrected chi connectivity index (χ4v) is 1.51. The van der Waals surface area contributed by atoms with Gasteiger partial charge in [-0.25, -0.2) is 9.18 Å². The average Bonchev–Trinajstić information content (AvgIpc) is 2.37. The number of benzene rings is 2. The lowest BCUT2D eigenvalue weighted by Gasteiger charge is -2.07. The molecular formula is C14H11FO3. The van der Waals surface area contributed by atoms with Crippen molar-refractivity contribution in [2.75, 3.05) is 0 Å². The molecule has 0 aliphatic carbocycles. The maximum atomic E-state index is 13.4. The molecule has 92 valence electrons. The molecule has 0 spiro atoms. The van der Waals surface area contributed by atoms with Gasteiger partial charge < -0.3 is 9.84 Å². The van der Waals surface area contributed by atoms with Gasteiger partial charge in [-0.15, -0.1) is 0 Å². The molecule has 18 heavy (non-hydrogen) atoms. The second-order valence-corrected chi connectivity index (χ2v) is 3.70. The Bertz CT molecular complexity index is 532. The van der Waals surface area contributed by atoms with E-state index in [2.05, 4.69) is 0 Å². The van der Waals surface area contributed by atoms with E-state index >= 15 is 0 Å². The van der Waals surface area contributed by atoms with Gasteiger partial charge in [0, 0.05) is 0 Å². The molecule has 1 N–H and O–H groups in total. The first-order valence-corrected chi connectivity index (χ1v) is 5.37. The minimum absolute atomic E-state index is 0.0352. The summed E-state index contributed by atoms with van der Waals surface area (Å²) in [5.74, 6) is -2.10. The van der Waals surface area contributed by atoms with Crippen molar-refractivity contribution in [3.05, 3.63) is 65.5 Å². The molecule has 2 aromatic rings. The normalized spacial score (nSPS) is 10.1. The number of halogens is 1. The van der Waals surface area contributed by atoms with Gasteiger partial charge in [0.2, 0.25) is 0 Å². The Labute approximate surface area is 103 Å². The Hall–Kier alpha value is -2.36. The van der Waals surface area contributed by atoms with Crippen molar-refractivity contribution in [3.8, 4) is 5.75 Å². The van der Waals surface area contributed by atoms with Crippen LogP contribution < -0.4 is 0 Å². The third-order valence-electron chi connectivity index (χ3n) is 2.41. The number of carbonyl (C=O) groups excluding carboxylic acids is 1. The monoisotopic (exact) mass is 246 g/mol. The van der Waals surface area contributed by atoms with Gasteiger partial charge in [0.1, 0.15) is 23.7 Å². The SMILES string of the molecule is O=C(OCc1ccccc1)c1c(O)cccc1F. The Morgan fingerprint density at radius 1 is 1.11 bits per heavy atom. The fourth-order valence-electron chi connectivity index (χ4n) is 1.51.